The average Bonchev–Trinajstić information content (AvgIpc) is 3.30. The van der Waals surface area contributed by atoms with Crippen LogP contribution in [0.15, 0.2) is 48.5 Å². The van der Waals surface area contributed by atoms with Crippen LogP contribution in [0.3, 0.4) is 0 Å². The molecule has 2 aliphatic rings. The Hall–Kier alpha value is -2.96. The second-order valence-corrected chi connectivity index (χ2v) is 10.6. The number of hydrogen-bond donors (Lipinski definition) is 1. The fraction of sp³-hybridized carbons (Fsp3) is 0.481. The lowest BCUT2D eigenvalue weighted by molar-refractivity contribution is -0.143. The number of alkyl halides is 6. The maximum Gasteiger partial charge on any atom is 0.416 e. The summed E-state index contributed by atoms with van der Waals surface area (Å²) in [5.41, 5.74) is -0.326. The van der Waals surface area contributed by atoms with Crippen LogP contribution in [0.4, 0.5) is 26.3 Å². The Morgan fingerprint density at radius 2 is 1.69 bits per heavy atom. The van der Waals surface area contributed by atoms with Crippen molar-refractivity contribution in [1.82, 2.24) is 25.2 Å². The van der Waals surface area contributed by atoms with Gasteiger partial charge in [0, 0.05) is 19.1 Å². The molecular formula is C27H29F6N5O. The Bertz CT molecular complexity index is 1240. The smallest absolute Gasteiger partial charge is 0.375 e. The molecule has 1 aliphatic heterocycles. The Morgan fingerprint density at radius 3 is 2.31 bits per heavy atom. The van der Waals surface area contributed by atoms with E-state index in [0.717, 1.165) is 24.2 Å². The minimum atomic E-state index is -4.92. The topological polar surface area (TPSA) is 57.3 Å². The summed E-state index contributed by atoms with van der Waals surface area (Å²) in [5.74, 6) is 0.990. The molecule has 2 fully saturated rings. The number of rotatable bonds is 9. The van der Waals surface area contributed by atoms with Crippen LogP contribution in [0.1, 0.15) is 52.1 Å². The second kappa shape index (κ2) is 10.5. The highest BCUT2D eigenvalue weighted by molar-refractivity contribution is 5.33. The van der Waals surface area contributed by atoms with Crippen molar-refractivity contribution in [3.63, 3.8) is 0 Å². The molecule has 2 aromatic carbocycles. The van der Waals surface area contributed by atoms with Gasteiger partial charge in [0.15, 0.2) is 0 Å². The SMILES string of the molecule is CN(C)Cc1nn[nH]c1[C@@H](COCc1cc(C(F)(F)F)cc(C(F)(F)F)c1)N1CC2CC2[C@H]1c1ccccc1. The van der Waals surface area contributed by atoms with E-state index >= 15 is 0 Å². The van der Waals surface area contributed by atoms with Gasteiger partial charge in [0.2, 0.25) is 0 Å². The quantitative estimate of drug-likeness (QED) is 0.337. The van der Waals surface area contributed by atoms with Gasteiger partial charge in [0.1, 0.15) is 5.69 Å². The largest absolute Gasteiger partial charge is 0.416 e. The molecule has 1 saturated carbocycles. The molecule has 0 spiro atoms. The summed E-state index contributed by atoms with van der Waals surface area (Å²) >= 11 is 0. The van der Waals surface area contributed by atoms with Crippen LogP contribution in [-0.2, 0) is 30.2 Å². The number of fused-ring (bicyclic) bond motifs is 1. The standard InChI is InChI=1S/C27H29F6N5O/c1-37(2)13-22-24(35-36-34-22)23(38-12-18-10-21(18)25(38)17-6-4-3-5-7-17)15-39-14-16-8-19(26(28,29)30)11-20(9-16)27(31,32)33/h3-9,11,18,21,23,25H,10,12-15H2,1-2H3,(H,34,35,36)/t18?,21?,23-,25-/m1/s1. The summed E-state index contributed by atoms with van der Waals surface area (Å²) in [6.07, 6.45) is -8.72. The van der Waals surface area contributed by atoms with Gasteiger partial charge in [-0.05, 0) is 61.7 Å². The van der Waals surface area contributed by atoms with Gasteiger partial charge in [-0.3, -0.25) is 10.00 Å². The average molecular weight is 554 g/mol. The summed E-state index contributed by atoms with van der Waals surface area (Å²) in [7, 11) is 3.79. The molecule has 39 heavy (non-hydrogen) atoms. The number of likely N-dealkylation sites (tertiary alicyclic amines) is 1. The first kappa shape index (κ1) is 27.6. The second-order valence-electron chi connectivity index (χ2n) is 10.6. The molecule has 1 aliphatic carbocycles. The van der Waals surface area contributed by atoms with Gasteiger partial charge in [-0.2, -0.15) is 26.3 Å². The van der Waals surface area contributed by atoms with E-state index in [1.165, 1.54) is 0 Å². The van der Waals surface area contributed by atoms with Crippen molar-refractivity contribution in [1.29, 1.82) is 0 Å². The highest BCUT2D eigenvalue weighted by Gasteiger charge is 2.55. The lowest BCUT2D eigenvalue weighted by Gasteiger charge is -2.35. The lowest BCUT2D eigenvalue weighted by Crippen LogP contribution is -2.35. The van der Waals surface area contributed by atoms with E-state index in [2.05, 4.69) is 32.4 Å². The molecule has 210 valence electrons. The van der Waals surface area contributed by atoms with Crippen molar-refractivity contribution in [3.05, 3.63) is 82.2 Å². The van der Waals surface area contributed by atoms with Crippen LogP contribution in [0, 0.1) is 11.8 Å². The summed E-state index contributed by atoms with van der Waals surface area (Å²) in [5, 5.41) is 11.2. The molecule has 2 unspecified atom stereocenters. The molecular weight excluding hydrogens is 524 g/mol. The predicted octanol–water partition coefficient (Wildman–Crippen LogP) is 5.85. The molecule has 1 aromatic heterocycles. The Morgan fingerprint density at radius 1 is 1.03 bits per heavy atom. The maximum atomic E-state index is 13.3. The minimum absolute atomic E-state index is 0.0324. The number of aromatic nitrogens is 3. The molecule has 1 N–H and O–H groups in total. The van der Waals surface area contributed by atoms with Gasteiger partial charge in [0.25, 0.3) is 0 Å². The van der Waals surface area contributed by atoms with Crippen molar-refractivity contribution in [2.45, 2.75) is 44.0 Å². The van der Waals surface area contributed by atoms with Crippen molar-refractivity contribution in [2.75, 3.05) is 27.2 Å². The molecule has 0 bridgehead atoms. The van der Waals surface area contributed by atoms with E-state index in [9.17, 15) is 26.3 Å². The Balaban J connectivity index is 1.42. The summed E-state index contributed by atoms with van der Waals surface area (Å²) in [6, 6.07) is 11.3. The summed E-state index contributed by atoms with van der Waals surface area (Å²) in [6.45, 7) is 0.914. The zero-order valence-electron chi connectivity index (χ0n) is 21.4. The van der Waals surface area contributed by atoms with Crippen LogP contribution in [0.25, 0.3) is 0 Å². The van der Waals surface area contributed by atoms with Crippen LogP contribution in [0.2, 0.25) is 0 Å². The van der Waals surface area contributed by atoms with Crippen molar-refractivity contribution in [3.8, 4) is 0 Å². The van der Waals surface area contributed by atoms with E-state index in [0.29, 0.717) is 36.2 Å². The highest BCUT2D eigenvalue weighted by Crippen LogP contribution is 2.58. The molecule has 6 nitrogen and oxygen atoms in total. The molecule has 4 atom stereocenters. The van der Waals surface area contributed by atoms with Crippen LogP contribution < -0.4 is 0 Å². The van der Waals surface area contributed by atoms with E-state index in [1.54, 1.807) is 0 Å². The summed E-state index contributed by atoms with van der Waals surface area (Å²) in [4.78, 5) is 4.24. The highest BCUT2D eigenvalue weighted by atomic mass is 19.4. The van der Waals surface area contributed by atoms with Crippen LogP contribution in [0.5, 0.6) is 0 Å². The zero-order valence-corrected chi connectivity index (χ0v) is 21.4. The van der Waals surface area contributed by atoms with Gasteiger partial charge in [0.05, 0.1) is 36.1 Å². The van der Waals surface area contributed by atoms with Gasteiger partial charge < -0.3 is 9.64 Å². The number of piperidine rings is 1. The third-order valence-electron chi connectivity index (χ3n) is 7.37. The van der Waals surface area contributed by atoms with Crippen molar-refractivity contribution >= 4 is 0 Å². The molecule has 5 rings (SSSR count). The lowest BCUT2D eigenvalue weighted by atomic mass is 9.99. The molecule has 12 heteroatoms. The molecule has 1 saturated heterocycles. The maximum absolute atomic E-state index is 13.3. The molecule has 3 aromatic rings. The van der Waals surface area contributed by atoms with E-state index in [-0.39, 0.29) is 30.3 Å². The minimum Gasteiger partial charge on any atom is -0.375 e. The van der Waals surface area contributed by atoms with Gasteiger partial charge in [-0.15, -0.1) is 5.10 Å². The fourth-order valence-corrected chi connectivity index (χ4v) is 5.58. The first-order valence-electron chi connectivity index (χ1n) is 12.6. The van der Waals surface area contributed by atoms with E-state index in [1.807, 2.05) is 37.2 Å². The van der Waals surface area contributed by atoms with Crippen molar-refractivity contribution in [2.24, 2.45) is 11.8 Å². The summed E-state index contributed by atoms with van der Waals surface area (Å²) < 4.78 is 85.9. The number of halogens is 6. The predicted molar refractivity (Wildman–Crippen MR) is 130 cm³/mol. The Labute approximate surface area is 221 Å². The van der Waals surface area contributed by atoms with E-state index < -0.39 is 30.1 Å². The molecule has 0 radical (unpaired) electrons. The zero-order chi connectivity index (χ0) is 27.9. The van der Waals surface area contributed by atoms with Gasteiger partial charge in [-0.25, -0.2) is 0 Å². The number of hydrogen-bond acceptors (Lipinski definition) is 5. The first-order chi connectivity index (χ1) is 18.4. The van der Waals surface area contributed by atoms with Crippen molar-refractivity contribution < 1.29 is 31.1 Å². The number of benzene rings is 2. The normalized spacial score (nSPS) is 22.3. The van der Waals surface area contributed by atoms with Gasteiger partial charge >= 0.3 is 12.4 Å². The number of nitrogens with one attached hydrogen (secondary N) is 1. The first-order valence-corrected chi connectivity index (χ1v) is 12.6. The van der Waals surface area contributed by atoms with Crippen LogP contribution in [-0.4, -0.2) is 52.5 Å². The number of ether oxygens (including phenoxy) is 1. The van der Waals surface area contributed by atoms with E-state index in [4.69, 9.17) is 4.74 Å². The number of nitrogens with zero attached hydrogens (tertiary/aromatic N) is 4. The molecule has 0 amide bonds. The van der Waals surface area contributed by atoms with Crippen LogP contribution >= 0.6 is 0 Å². The number of aromatic amines is 1. The fourth-order valence-electron chi connectivity index (χ4n) is 5.58. The third-order valence-corrected chi connectivity index (χ3v) is 7.37. The monoisotopic (exact) mass is 553 g/mol. The van der Waals surface area contributed by atoms with Gasteiger partial charge in [-0.1, -0.05) is 35.5 Å². The third kappa shape index (κ3) is 6.12. The number of H-pyrrole nitrogens is 1. The Kier molecular flexibility index (Phi) is 7.47. The molecule has 2 heterocycles.